The van der Waals surface area contributed by atoms with Crippen LogP contribution in [0, 0.1) is 6.92 Å². The number of aromatic nitrogens is 4. The van der Waals surface area contributed by atoms with Crippen molar-refractivity contribution >= 4 is 28.4 Å². The lowest BCUT2D eigenvalue weighted by atomic mass is 10.1. The average Bonchev–Trinajstić information content (AvgIpc) is 2.99. The van der Waals surface area contributed by atoms with E-state index in [1.165, 1.54) is 11.8 Å². The molecule has 2 heterocycles. The van der Waals surface area contributed by atoms with Crippen LogP contribution in [0.2, 0.25) is 0 Å². The molecular weight excluding hydrogens is 284 g/mol. The predicted molar refractivity (Wildman–Crippen MR) is 83.7 cm³/mol. The summed E-state index contributed by atoms with van der Waals surface area (Å²) >= 11 is 1.42. The van der Waals surface area contributed by atoms with Crippen molar-refractivity contribution in [2.24, 2.45) is 14.1 Å². The molecule has 0 fully saturated rings. The van der Waals surface area contributed by atoms with E-state index in [1.54, 1.807) is 0 Å². The van der Waals surface area contributed by atoms with Crippen LogP contribution >= 0.6 is 11.8 Å². The van der Waals surface area contributed by atoms with Crippen LogP contribution in [0.3, 0.4) is 0 Å². The maximum absolute atomic E-state index is 12.5. The molecule has 1 aromatic carbocycles. The first-order chi connectivity index (χ1) is 10.1. The standard InChI is InChI=1S/C15H16N4OS/c1-10-16-17-15(19(10)3)21-9-14(20)12-8-18(2)13-7-5-4-6-11(12)13/h4-8H,9H2,1-3H3. The molecule has 0 N–H and O–H groups in total. The van der Waals surface area contributed by atoms with Gasteiger partial charge in [-0.1, -0.05) is 30.0 Å². The maximum Gasteiger partial charge on any atom is 0.191 e. The number of nitrogens with zero attached hydrogens (tertiary/aromatic N) is 4. The van der Waals surface area contributed by atoms with Crippen LogP contribution in [0.5, 0.6) is 0 Å². The van der Waals surface area contributed by atoms with E-state index in [9.17, 15) is 4.79 Å². The van der Waals surface area contributed by atoms with E-state index in [4.69, 9.17) is 0 Å². The first kappa shape index (κ1) is 13.9. The summed E-state index contributed by atoms with van der Waals surface area (Å²) in [6, 6.07) is 7.94. The molecule has 0 radical (unpaired) electrons. The minimum Gasteiger partial charge on any atom is -0.350 e. The molecule has 0 unspecified atom stereocenters. The second kappa shape index (κ2) is 5.37. The van der Waals surface area contributed by atoms with Crippen LogP contribution in [0.1, 0.15) is 16.2 Å². The molecule has 0 atom stereocenters. The number of rotatable bonds is 4. The largest absolute Gasteiger partial charge is 0.350 e. The van der Waals surface area contributed by atoms with Crippen molar-refractivity contribution in [3.8, 4) is 0 Å². The number of hydrogen-bond donors (Lipinski definition) is 0. The molecule has 0 bridgehead atoms. The maximum atomic E-state index is 12.5. The normalized spacial score (nSPS) is 11.2. The highest BCUT2D eigenvalue weighted by Crippen LogP contribution is 2.23. The van der Waals surface area contributed by atoms with Gasteiger partial charge < -0.3 is 9.13 Å². The third kappa shape index (κ3) is 2.47. The van der Waals surface area contributed by atoms with E-state index >= 15 is 0 Å². The number of fused-ring (bicyclic) bond motifs is 1. The van der Waals surface area contributed by atoms with Crippen LogP contribution in [0.15, 0.2) is 35.6 Å². The molecular formula is C15H16N4OS. The number of carbonyl (C=O) groups is 1. The number of hydrogen-bond acceptors (Lipinski definition) is 4. The predicted octanol–water partition coefficient (Wildman–Crippen LogP) is 2.59. The van der Waals surface area contributed by atoms with E-state index < -0.39 is 0 Å². The Morgan fingerprint density at radius 3 is 2.71 bits per heavy atom. The summed E-state index contributed by atoms with van der Waals surface area (Å²) in [7, 11) is 3.86. The molecule has 2 aromatic heterocycles. The zero-order valence-corrected chi connectivity index (χ0v) is 13.0. The fourth-order valence-corrected chi connectivity index (χ4v) is 3.13. The fourth-order valence-electron chi connectivity index (χ4n) is 2.29. The number of para-hydroxylation sites is 1. The first-order valence-electron chi connectivity index (χ1n) is 6.64. The highest BCUT2D eigenvalue weighted by Gasteiger charge is 2.15. The Morgan fingerprint density at radius 2 is 2.00 bits per heavy atom. The third-order valence-electron chi connectivity index (χ3n) is 3.58. The average molecular weight is 300 g/mol. The summed E-state index contributed by atoms with van der Waals surface area (Å²) in [5.74, 6) is 1.31. The van der Waals surface area contributed by atoms with Gasteiger partial charge in [0.05, 0.1) is 5.75 Å². The Morgan fingerprint density at radius 1 is 1.24 bits per heavy atom. The zero-order valence-electron chi connectivity index (χ0n) is 12.2. The molecule has 0 saturated heterocycles. The van der Waals surface area contributed by atoms with Gasteiger partial charge in [-0.25, -0.2) is 0 Å². The van der Waals surface area contributed by atoms with Gasteiger partial charge in [0, 0.05) is 36.8 Å². The van der Waals surface area contributed by atoms with Gasteiger partial charge in [0.15, 0.2) is 10.9 Å². The van der Waals surface area contributed by atoms with Crippen LogP contribution in [0.25, 0.3) is 10.9 Å². The molecule has 0 saturated carbocycles. The molecule has 6 heteroatoms. The molecule has 0 aliphatic rings. The summed E-state index contributed by atoms with van der Waals surface area (Å²) in [6.07, 6.45) is 1.90. The fraction of sp³-hybridized carbons (Fsp3) is 0.267. The SMILES string of the molecule is Cc1nnc(SCC(=O)c2cn(C)c3ccccc23)n1C. The number of Topliss-reactive ketones (excluding diaryl/α,β-unsaturated/α-hetero) is 1. The summed E-state index contributed by atoms with van der Waals surface area (Å²) in [5.41, 5.74) is 1.83. The smallest absolute Gasteiger partial charge is 0.191 e. The van der Waals surface area contributed by atoms with Crippen molar-refractivity contribution in [2.75, 3.05) is 5.75 Å². The summed E-state index contributed by atoms with van der Waals surface area (Å²) in [4.78, 5) is 12.5. The number of carbonyl (C=O) groups excluding carboxylic acids is 1. The van der Waals surface area contributed by atoms with Crippen molar-refractivity contribution in [1.82, 2.24) is 19.3 Å². The molecule has 0 aliphatic heterocycles. The Hall–Kier alpha value is -2.08. The Bertz CT molecular complexity index is 818. The minimum absolute atomic E-state index is 0.109. The van der Waals surface area contributed by atoms with Gasteiger partial charge in [0.2, 0.25) is 0 Å². The topological polar surface area (TPSA) is 52.7 Å². The number of thioether (sulfide) groups is 1. The van der Waals surface area contributed by atoms with Crippen LogP contribution in [-0.2, 0) is 14.1 Å². The highest BCUT2D eigenvalue weighted by molar-refractivity contribution is 7.99. The Kier molecular flexibility index (Phi) is 3.55. The van der Waals surface area contributed by atoms with Crippen molar-refractivity contribution in [2.45, 2.75) is 12.1 Å². The number of benzene rings is 1. The van der Waals surface area contributed by atoms with E-state index in [-0.39, 0.29) is 5.78 Å². The number of aryl methyl sites for hydroxylation is 2. The van der Waals surface area contributed by atoms with E-state index in [0.29, 0.717) is 5.75 Å². The van der Waals surface area contributed by atoms with Crippen LogP contribution in [-0.4, -0.2) is 30.9 Å². The van der Waals surface area contributed by atoms with E-state index in [1.807, 2.05) is 60.6 Å². The van der Waals surface area contributed by atoms with Gasteiger partial charge in [-0.3, -0.25) is 4.79 Å². The second-order valence-electron chi connectivity index (χ2n) is 4.97. The van der Waals surface area contributed by atoms with Crippen molar-refractivity contribution in [3.05, 3.63) is 41.9 Å². The van der Waals surface area contributed by atoms with Gasteiger partial charge in [-0.15, -0.1) is 10.2 Å². The van der Waals surface area contributed by atoms with Crippen molar-refractivity contribution in [1.29, 1.82) is 0 Å². The first-order valence-corrected chi connectivity index (χ1v) is 7.62. The molecule has 0 aliphatic carbocycles. The van der Waals surface area contributed by atoms with Gasteiger partial charge in [0.25, 0.3) is 0 Å². The molecule has 108 valence electrons. The summed E-state index contributed by atoms with van der Waals surface area (Å²) in [5, 5.41) is 9.83. The molecule has 3 rings (SSSR count). The Labute approximate surface area is 127 Å². The lowest BCUT2D eigenvalue weighted by molar-refractivity contribution is 0.102. The second-order valence-corrected chi connectivity index (χ2v) is 5.91. The molecule has 0 amide bonds. The quantitative estimate of drug-likeness (QED) is 0.549. The monoisotopic (exact) mass is 300 g/mol. The number of ketones is 1. The molecule has 5 nitrogen and oxygen atoms in total. The van der Waals surface area contributed by atoms with Gasteiger partial charge in [-0.2, -0.15) is 0 Å². The highest BCUT2D eigenvalue weighted by atomic mass is 32.2. The Balaban J connectivity index is 1.83. The van der Waals surface area contributed by atoms with Crippen LogP contribution in [0.4, 0.5) is 0 Å². The van der Waals surface area contributed by atoms with Crippen molar-refractivity contribution < 1.29 is 4.79 Å². The molecule has 3 aromatic rings. The van der Waals surface area contributed by atoms with E-state index in [0.717, 1.165) is 27.4 Å². The van der Waals surface area contributed by atoms with Gasteiger partial charge >= 0.3 is 0 Å². The third-order valence-corrected chi connectivity index (χ3v) is 4.60. The lowest BCUT2D eigenvalue weighted by Gasteiger charge is -2.01. The van der Waals surface area contributed by atoms with Gasteiger partial charge in [-0.05, 0) is 13.0 Å². The van der Waals surface area contributed by atoms with E-state index in [2.05, 4.69) is 10.2 Å². The van der Waals surface area contributed by atoms with Crippen molar-refractivity contribution in [3.63, 3.8) is 0 Å². The van der Waals surface area contributed by atoms with Crippen LogP contribution < -0.4 is 0 Å². The summed E-state index contributed by atoms with van der Waals surface area (Å²) < 4.78 is 3.88. The molecule has 0 spiro atoms. The van der Waals surface area contributed by atoms with Gasteiger partial charge in [0.1, 0.15) is 5.82 Å². The summed E-state index contributed by atoms with van der Waals surface area (Å²) in [6.45, 7) is 1.89. The minimum atomic E-state index is 0.109. The lowest BCUT2D eigenvalue weighted by Crippen LogP contribution is -2.03. The molecule has 21 heavy (non-hydrogen) atoms. The zero-order chi connectivity index (χ0) is 15.0.